The maximum atomic E-state index is 13.3. The monoisotopic (exact) mass is 380 g/mol. The maximum Gasteiger partial charge on any atom is 0.258 e. The average Bonchev–Trinajstić information content (AvgIpc) is 3.39. The van der Waals surface area contributed by atoms with Gasteiger partial charge in [-0.1, -0.05) is 38.1 Å². The van der Waals surface area contributed by atoms with E-state index in [0.29, 0.717) is 35.9 Å². The molecule has 4 rings (SSSR count). The molecule has 1 amide bonds. The number of hydrogen-bond acceptors (Lipinski definition) is 6. The van der Waals surface area contributed by atoms with Crippen molar-refractivity contribution in [1.82, 2.24) is 30.6 Å². The molecule has 0 radical (unpaired) electrons. The molecule has 0 aliphatic carbocycles. The van der Waals surface area contributed by atoms with Gasteiger partial charge in [0, 0.05) is 36.8 Å². The van der Waals surface area contributed by atoms with Crippen molar-refractivity contribution in [3.8, 4) is 11.5 Å². The summed E-state index contributed by atoms with van der Waals surface area (Å²) in [6, 6.07) is 7.45. The molecule has 8 nitrogen and oxygen atoms in total. The van der Waals surface area contributed by atoms with Gasteiger partial charge < -0.3 is 14.7 Å². The zero-order valence-corrected chi connectivity index (χ0v) is 16.3. The predicted octanol–water partition coefficient (Wildman–Crippen LogP) is 2.54. The van der Waals surface area contributed by atoms with E-state index in [1.807, 2.05) is 56.1 Å². The highest BCUT2D eigenvalue weighted by molar-refractivity contribution is 6.00. The highest BCUT2D eigenvalue weighted by Gasteiger charge is 2.29. The molecule has 146 valence electrons. The van der Waals surface area contributed by atoms with Gasteiger partial charge in [0.1, 0.15) is 0 Å². The van der Waals surface area contributed by atoms with Crippen LogP contribution in [-0.2, 0) is 5.41 Å². The van der Waals surface area contributed by atoms with Crippen LogP contribution in [0.3, 0.4) is 0 Å². The van der Waals surface area contributed by atoms with Crippen LogP contribution < -0.4 is 5.32 Å². The Labute approximate surface area is 163 Å². The van der Waals surface area contributed by atoms with Crippen LogP contribution in [-0.4, -0.2) is 50.8 Å². The summed E-state index contributed by atoms with van der Waals surface area (Å²) in [5.74, 6) is 0.948. The van der Waals surface area contributed by atoms with Gasteiger partial charge in [0.25, 0.3) is 11.8 Å². The summed E-state index contributed by atoms with van der Waals surface area (Å²) >= 11 is 0. The standard InChI is InChI=1S/C20H24N6O2/c1-20(2,3)19-24-17(28-25-19)14-6-4-5-7-15(14)18(27)26-9-8-21-16(12-26)13-10-22-23-11-13/h4-7,10-11,16,21H,8-9,12H2,1-3H3,(H,22,23). The molecule has 3 aromatic rings. The molecule has 0 bridgehead atoms. The van der Waals surface area contributed by atoms with Crippen molar-refractivity contribution in [2.24, 2.45) is 0 Å². The van der Waals surface area contributed by atoms with Gasteiger partial charge in [-0.05, 0) is 12.1 Å². The number of piperazine rings is 1. The van der Waals surface area contributed by atoms with Gasteiger partial charge in [-0.15, -0.1) is 0 Å². The predicted molar refractivity (Wildman–Crippen MR) is 104 cm³/mol. The van der Waals surface area contributed by atoms with Crippen molar-refractivity contribution in [2.45, 2.75) is 32.2 Å². The van der Waals surface area contributed by atoms with Crippen molar-refractivity contribution in [1.29, 1.82) is 0 Å². The van der Waals surface area contributed by atoms with Crippen LogP contribution in [0.15, 0.2) is 41.2 Å². The Balaban J connectivity index is 1.61. The molecular formula is C20H24N6O2. The second-order valence-electron chi connectivity index (χ2n) is 8.01. The van der Waals surface area contributed by atoms with Crippen LogP contribution in [0.2, 0.25) is 0 Å². The van der Waals surface area contributed by atoms with Gasteiger partial charge in [-0.25, -0.2) is 0 Å². The Kier molecular flexibility index (Phi) is 4.72. The highest BCUT2D eigenvalue weighted by atomic mass is 16.5. The molecule has 0 spiro atoms. The number of rotatable bonds is 3. The van der Waals surface area contributed by atoms with Crippen LogP contribution in [0.1, 0.15) is 48.6 Å². The molecule has 8 heteroatoms. The van der Waals surface area contributed by atoms with Gasteiger partial charge in [0.05, 0.1) is 23.4 Å². The van der Waals surface area contributed by atoms with Crippen LogP contribution in [0.4, 0.5) is 0 Å². The van der Waals surface area contributed by atoms with Crippen LogP contribution in [0, 0.1) is 0 Å². The Morgan fingerprint density at radius 2 is 2.11 bits per heavy atom. The third-order valence-electron chi connectivity index (χ3n) is 4.87. The van der Waals surface area contributed by atoms with Gasteiger partial charge in [-0.2, -0.15) is 10.1 Å². The first-order chi connectivity index (χ1) is 13.4. The lowest BCUT2D eigenvalue weighted by Crippen LogP contribution is -2.48. The zero-order valence-electron chi connectivity index (χ0n) is 16.3. The van der Waals surface area contributed by atoms with E-state index in [1.54, 1.807) is 6.20 Å². The minimum atomic E-state index is -0.225. The van der Waals surface area contributed by atoms with Crippen LogP contribution in [0.5, 0.6) is 0 Å². The topological polar surface area (TPSA) is 99.9 Å². The number of nitrogens with zero attached hydrogens (tertiary/aromatic N) is 4. The quantitative estimate of drug-likeness (QED) is 0.724. The number of aromatic nitrogens is 4. The van der Waals surface area contributed by atoms with Crippen molar-refractivity contribution in [3.63, 3.8) is 0 Å². The van der Waals surface area contributed by atoms with Crippen LogP contribution in [0.25, 0.3) is 11.5 Å². The van der Waals surface area contributed by atoms with E-state index < -0.39 is 0 Å². The second kappa shape index (κ2) is 7.20. The van der Waals surface area contributed by atoms with E-state index in [2.05, 4.69) is 25.7 Å². The Morgan fingerprint density at radius 1 is 1.29 bits per heavy atom. The molecule has 3 heterocycles. The van der Waals surface area contributed by atoms with Gasteiger partial charge in [0.2, 0.25) is 0 Å². The smallest absolute Gasteiger partial charge is 0.258 e. The Hall–Kier alpha value is -3.00. The maximum absolute atomic E-state index is 13.3. The highest BCUT2D eigenvalue weighted by Crippen LogP contribution is 2.27. The van der Waals surface area contributed by atoms with Crippen molar-refractivity contribution in [2.75, 3.05) is 19.6 Å². The van der Waals surface area contributed by atoms with Crippen LogP contribution >= 0.6 is 0 Å². The summed E-state index contributed by atoms with van der Waals surface area (Å²) in [6.45, 7) is 8.00. The fraction of sp³-hybridized carbons (Fsp3) is 0.400. The second-order valence-corrected chi connectivity index (χ2v) is 8.01. The number of carbonyl (C=O) groups is 1. The molecule has 0 saturated carbocycles. The Morgan fingerprint density at radius 3 is 2.82 bits per heavy atom. The van der Waals surface area contributed by atoms with E-state index in [9.17, 15) is 4.79 Å². The third kappa shape index (κ3) is 3.55. The molecule has 1 fully saturated rings. The van der Waals surface area contributed by atoms with E-state index in [0.717, 1.165) is 12.1 Å². The summed E-state index contributed by atoms with van der Waals surface area (Å²) in [5.41, 5.74) is 2.04. The molecule has 1 atom stereocenters. The lowest BCUT2D eigenvalue weighted by Gasteiger charge is -2.33. The van der Waals surface area contributed by atoms with E-state index in [1.165, 1.54) is 0 Å². The third-order valence-corrected chi connectivity index (χ3v) is 4.87. The van der Waals surface area contributed by atoms with Crippen molar-refractivity contribution in [3.05, 3.63) is 53.6 Å². The largest absolute Gasteiger partial charge is 0.335 e. The van der Waals surface area contributed by atoms with Gasteiger partial charge in [-0.3, -0.25) is 9.89 Å². The number of nitrogens with one attached hydrogen (secondary N) is 2. The number of benzene rings is 1. The van der Waals surface area contributed by atoms with Gasteiger partial charge >= 0.3 is 0 Å². The minimum Gasteiger partial charge on any atom is -0.335 e. The van der Waals surface area contributed by atoms with Gasteiger partial charge in [0.15, 0.2) is 5.82 Å². The number of H-pyrrole nitrogens is 1. The first-order valence-electron chi connectivity index (χ1n) is 9.38. The number of carbonyl (C=O) groups excluding carboxylic acids is 1. The summed E-state index contributed by atoms with van der Waals surface area (Å²) in [7, 11) is 0. The molecule has 1 aromatic carbocycles. The SMILES string of the molecule is CC(C)(C)c1noc(-c2ccccc2C(=O)N2CCNC(c3cn[nH]c3)C2)n1. The normalized spacial score (nSPS) is 17.7. The van der Waals surface area contributed by atoms with Crippen molar-refractivity contribution >= 4 is 5.91 Å². The summed E-state index contributed by atoms with van der Waals surface area (Å²) < 4.78 is 5.48. The molecule has 1 aliphatic heterocycles. The number of hydrogen-bond donors (Lipinski definition) is 2. The molecular weight excluding hydrogens is 356 g/mol. The Bertz CT molecular complexity index is 957. The average molecular weight is 380 g/mol. The summed E-state index contributed by atoms with van der Waals surface area (Å²) in [6.07, 6.45) is 3.64. The first-order valence-corrected chi connectivity index (χ1v) is 9.38. The first kappa shape index (κ1) is 18.4. The molecule has 1 saturated heterocycles. The zero-order chi connectivity index (χ0) is 19.7. The van der Waals surface area contributed by atoms with E-state index >= 15 is 0 Å². The molecule has 1 unspecified atom stereocenters. The van der Waals surface area contributed by atoms with E-state index in [-0.39, 0.29) is 17.4 Å². The number of amides is 1. The fourth-order valence-corrected chi connectivity index (χ4v) is 3.27. The molecule has 2 N–H and O–H groups in total. The van der Waals surface area contributed by atoms with E-state index in [4.69, 9.17) is 4.52 Å². The summed E-state index contributed by atoms with van der Waals surface area (Å²) in [5, 5.41) is 14.4. The number of aromatic amines is 1. The lowest BCUT2D eigenvalue weighted by atomic mass is 9.96. The minimum absolute atomic E-state index is 0.0406. The fourth-order valence-electron chi connectivity index (χ4n) is 3.27. The molecule has 1 aliphatic rings. The molecule has 2 aromatic heterocycles. The molecule has 28 heavy (non-hydrogen) atoms. The van der Waals surface area contributed by atoms with Crippen molar-refractivity contribution < 1.29 is 9.32 Å². The summed E-state index contributed by atoms with van der Waals surface area (Å²) in [4.78, 5) is 19.7. The lowest BCUT2D eigenvalue weighted by molar-refractivity contribution is 0.0703.